The molecule has 0 saturated carbocycles. The van der Waals surface area contributed by atoms with Gasteiger partial charge in [-0.05, 0) is 63.6 Å². The van der Waals surface area contributed by atoms with E-state index in [1.54, 1.807) is 4.90 Å². The molecule has 2 N–H and O–H groups in total. The van der Waals surface area contributed by atoms with Crippen LogP contribution in [0.1, 0.15) is 46.0 Å². The maximum Gasteiger partial charge on any atom is 0.317 e. The van der Waals surface area contributed by atoms with Gasteiger partial charge in [0.15, 0.2) is 0 Å². The summed E-state index contributed by atoms with van der Waals surface area (Å²) >= 11 is 0. The third-order valence-corrected chi connectivity index (χ3v) is 5.12. The van der Waals surface area contributed by atoms with Crippen molar-refractivity contribution in [3.05, 3.63) is 0 Å². The van der Waals surface area contributed by atoms with Crippen LogP contribution < -0.4 is 5.32 Å². The first kappa shape index (κ1) is 17.5. The highest BCUT2D eigenvalue weighted by Gasteiger charge is 2.28. The third-order valence-electron chi connectivity index (χ3n) is 5.12. The lowest BCUT2D eigenvalue weighted by atomic mass is 9.96. The van der Waals surface area contributed by atoms with Crippen molar-refractivity contribution in [2.24, 2.45) is 11.8 Å². The molecule has 2 heterocycles. The van der Waals surface area contributed by atoms with Crippen molar-refractivity contribution in [1.82, 2.24) is 15.1 Å². The van der Waals surface area contributed by atoms with E-state index in [-0.39, 0.29) is 18.7 Å². The van der Waals surface area contributed by atoms with Crippen molar-refractivity contribution >= 4 is 6.03 Å². The second-order valence-electron chi connectivity index (χ2n) is 7.33. The average molecular weight is 311 g/mol. The van der Waals surface area contributed by atoms with E-state index < -0.39 is 0 Å². The molecule has 0 spiro atoms. The van der Waals surface area contributed by atoms with Crippen LogP contribution in [-0.2, 0) is 0 Å². The van der Waals surface area contributed by atoms with Gasteiger partial charge in [-0.15, -0.1) is 0 Å². The third kappa shape index (κ3) is 5.13. The maximum atomic E-state index is 12.2. The topological polar surface area (TPSA) is 55.8 Å². The minimum Gasteiger partial charge on any atom is -0.394 e. The Bertz CT molecular complexity index is 341. The number of carbonyl (C=O) groups excluding carboxylic acids is 1. The van der Waals surface area contributed by atoms with Crippen LogP contribution in [0.25, 0.3) is 0 Å². The molecule has 0 bridgehead atoms. The van der Waals surface area contributed by atoms with Crippen molar-refractivity contribution < 1.29 is 9.90 Å². The molecule has 0 aliphatic carbocycles. The average Bonchev–Trinajstić information content (AvgIpc) is 3.00. The van der Waals surface area contributed by atoms with E-state index in [1.165, 1.54) is 25.8 Å². The maximum absolute atomic E-state index is 12.2. The summed E-state index contributed by atoms with van der Waals surface area (Å²) in [5.41, 5.74) is 0. The number of nitrogens with one attached hydrogen (secondary N) is 1. The van der Waals surface area contributed by atoms with Crippen LogP contribution in [0.3, 0.4) is 0 Å². The monoisotopic (exact) mass is 311 g/mol. The molecule has 2 aliphatic rings. The summed E-state index contributed by atoms with van der Waals surface area (Å²) in [5.74, 6) is 1.38. The molecule has 2 fully saturated rings. The van der Waals surface area contributed by atoms with Crippen molar-refractivity contribution in [3.63, 3.8) is 0 Å². The molecule has 2 rings (SSSR count). The van der Waals surface area contributed by atoms with Gasteiger partial charge < -0.3 is 20.2 Å². The highest BCUT2D eigenvalue weighted by atomic mass is 16.3. The first-order valence-electron chi connectivity index (χ1n) is 8.97. The number of carbonyl (C=O) groups is 1. The lowest BCUT2D eigenvalue weighted by molar-refractivity contribution is 0.149. The summed E-state index contributed by atoms with van der Waals surface area (Å²) in [6.45, 7) is 9.74. The Balaban J connectivity index is 1.63. The number of aliphatic hydroxyl groups is 1. The zero-order valence-electron chi connectivity index (χ0n) is 14.3. The zero-order chi connectivity index (χ0) is 15.9. The van der Waals surface area contributed by atoms with Gasteiger partial charge in [0.25, 0.3) is 0 Å². The molecule has 1 atom stereocenters. The standard InChI is InChI=1S/C17H33N3O2/c1-14(2)5-9-19-10-6-15(7-11-19)12-18-17(22)20-8-3-4-16(20)13-21/h14-16,21H,3-13H2,1-2H3,(H,18,22)/t16-/m0/s1. The first-order valence-corrected chi connectivity index (χ1v) is 8.97. The van der Waals surface area contributed by atoms with Crippen molar-refractivity contribution in [2.45, 2.75) is 52.0 Å². The van der Waals surface area contributed by atoms with Gasteiger partial charge in [0, 0.05) is 13.1 Å². The van der Waals surface area contributed by atoms with Gasteiger partial charge in [-0.2, -0.15) is 0 Å². The largest absolute Gasteiger partial charge is 0.394 e. The van der Waals surface area contributed by atoms with Gasteiger partial charge in [0.05, 0.1) is 12.6 Å². The Morgan fingerprint density at radius 3 is 2.59 bits per heavy atom. The molecule has 0 aromatic heterocycles. The number of hydrogen-bond acceptors (Lipinski definition) is 3. The summed E-state index contributed by atoms with van der Waals surface area (Å²) in [6, 6.07) is 0.0386. The highest BCUT2D eigenvalue weighted by Crippen LogP contribution is 2.19. The van der Waals surface area contributed by atoms with E-state index in [0.717, 1.165) is 44.9 Å². The fourth-order valence-electron chi connectivity index (χ4n) is 3.48. The molecule has 2 amide bonds. The Morgan fingerprint density at radius 2 is 1.95 bits per heavy atom. The summed E-state index contributed by atoms with van der Waals surface area (Å²) in [6.07, 6.45) is 5.58. The molecular weight excluding hydrogens is 278 g/mol. The van der Waals surface area contributed by atoms with E-state index in [4.69, 9.17) is 0 Å². The van der Waals surface area contributed by atoms with Gasteiger partial charge in [-0.3, -0.25) is 0 Å². The lowest BCUT2D eigenvalue weighted by Gasteiger charge is -2.33. The number of aliphatic hydroxyl groups excluding tert-OH is 1. The Labute approximate surface area is 135 Å². The summed E-state index contributed by atoms with van der Waals surface area (Å²) in [5, 5.41) is 12.4. The van der Waals surface area contributed by atoms with E-state index in [2.05, 4.69) is 24.1 Å². The van der Waals surface area contributed by atoms with E-state index in [9.17, 15) is 9.90 Å². The number of piperidine rings is 1. The number of urea groups is 1. The van der Waals surface area contributed by atoms with E-state index >= 15 is 0 Å². The highest BCUT2D eigenvalue weighted by molar-refractivity contribution is 5.74. The molecule has 22 heavy (non-hydrogen) atoms. The number of nitrogens with zero attached hydrogens (tertiary/aromatic N) is 2. The van der Waals surface area contributed by atoms with Gasteiger partial charge in [-0.25, -0.2) is 4.79 Å². The fraction of sp³-hybridized carbons (Fsp3) is 0.941. The van der Waals surface area contributed by atoms with Crippen LogP contribution in [0.5, 0.6) is 0 Å². The van der Waals surface area contributed by atoms with Gasteiger partial charge in [0.2, 0.25) is 0 Å². The normalized spacial score (nSPS) is 24.2. The minimum absolute atomic E-state index is 0.0128. The SMILES string of the molecule is CC(C)CCN1CCC(CNC(=O)N2CCC[C@H]2CO)CC1. The van der Waals surface area contributed by atoms with E-state index in [1.807, 2.05) is 0 Å². The van der Waals surface area contributed by atoms with Crippen LogP contribution >= 0.6 is 0 Å². The molecule has 2 aliphatic heterocycles. The number of rotatable bonds is 6. The molecule has 0 aromatic rings. The summed E-state index contributed by atoms with van der Waals surface area (Å²) < 4.78 is 0. The molecular formula is C17H33N3O2. The Hall–Kier alpha value is -0.810. The Morgan fingerprint density at radius 1 is 1.23 bits per heavy atom. The smallest absolute Gasteiger partial charge is 0.317 e. The predicted octanol–water partition coefficient (Wildman–Crippen LogP) is 1.91. The molecule has 5 nitrogen and oxygen atoms in total. The van der Waals surface area contributed by atoms with Crippen LogP contribution in [0, 0.1) is 11.8 Å². The molecule has 0 radical (unpaired) electrons. The van der Waals surface area contributed by atoms with Gasteiger partial charge in [0.1, 0.15) is 0 Å². The number of likely N-dealkylation sites (tertiary alicyclic amines) is 2. The van der Waals surface area contributed by atoms with Crippen LogP contribution in [0.4, 0.5) is 4.79 Å². The second-order valence-corrected chi connectivity index (χ2v) is 7.33. The molecule has 128 valence electrons. The van der Waals surface area contributed by atoms with Crippen LogP contribution in [0.15, 0.2) is 0 Å². The minimum atomic E-state index is 0.0128. The molecule has 2 saturated heterocycles. The van der Waals surface area contributed by atoms with Crippen LogP contribution in [-0.4, -0.2) is 66.3 Å². The van der Waals surface area contributed by atoms with Gasteiger partial charge in [-0.1, -0.05) is 13.8 Å². The Kier molecular flexibility index (Phi) is 6.96. The van der Waals surface area contributed by atoms with E-state index in [0.29, 0.717) is 5.92 Å². The lowest BCUT2D eigenvalue weighted by Crippen LogP contribution is -2.46. The second kappa shape index (κ2) is 8.73. The van der Waals surface area contributed by atoms with Crippen molar-refractivity contribution in [3.8, 4) is 0 Å². The summed E-state index contributed by atoms with van der Waals surface area (Å²) in [4.78, 5) is 16.6. The molecule has 0 aromatic carbocycles. The molecule has 0 unspecified atom stereocenters. The quantitative estimate of drug-likeness (QED) is 0.788. The van der Waals surface area contributed by atoms with Crippen molar-refractivity contribution in [2.75, 3.05) is 39.3 Å². The number of amides is 2. The zero-order valence-corrected chi connectivity index (χ0v) is 14.3. The summed E-state index contributed by atoms with van der Waals surface area (Å²) in [7, 11) is 0. The number of hydrogen-bond donors (Lipinski definition) is 2. The van der Waals surface area contributed by atoms with Gasteiger partial charge >= 0.3 is 6.03 Å². The molecule has 5 heteroatoms. The van der Waals surface area contributed by atoms with Crippen molar-refractivity contribution in [1.29, 1.82) is 0 Å². The fourth-order valence-corrected chi connectivity index (χ4v) is 3.48. The predicted molar refractivity (Wildman–Crippen MR) is 88.8 cm³/mol. The first-order chi connectivity index (χ1) is 10.6. The van der Waals surface area contributed by atoms with Crippen LogP contribution in [0.2, 0.25) is 0 Å².